The maximum atomic E-state index is 11.6. The molecule has 0 aliphatic carbocycles. The minimum Gasteiger partial charge on any atom is -0.326 e. The fraction of sp³-hybridized carbons (Fsp3) is 0.800. The Hall–Kier alpha value is -1.14. The zero-order valence-corrected chi connectivity index (χ0v) is 9.53. The molecular weight excluding hydrogens is 208 g/mol. The molecule has 0 bridgehead atoms. The van der Waals surface area contributed by atoms with Crippen molar-refractivity contribution >= 4 is 11.9 Å². The van der Waals surface area contributed by atoms with Gasteiger partial charge in [-0.2, -0.15) is 0 Å². The molecule has 6 nitrogen and oxygen atoms in total. The van der Waals surface area contributed by atoms with Gasteiger partial charge in [0.2, 0.25) is 0 Å². The van der Waals surface area contributed by atoms with Crippen molar-refractivity contribution in [3.05, 3.63) is 0 Å². The molecule has 1 atom stereocenters. The molecule has 90 valence electrons. The normalized spacial score (nSPS) is 26.6. The van der Waals surface area contributed by atoms with Gasteiger partial charge in [-0.25, -0.2) is 4.79 Å². The molecule has 1 unspecified atom stereocenters. The van der Waals surface area contributed by atoms with Gasteiger partial charge in [-0.3, -0.25) is 14.6 Å². The molecule has 16 heavy (non-hydrogen) atoms. The number of nitrogens with zero attached hydrogens (tertiary/aromatic N) is 2. The lowest BCUT2D eigenvalue weighted by molar-refractivity contribution is -0.127. The predicted octanol–water partition coefficient (Wildman–Crippen LogP) is -0.820. The summed E-state index contributed by atoms with van der Waals surface area (Å²) in [6.45, 7) is 6.15. The first-order chi connectivity index (χ1) is 7.68. The Morgan fingerprint density at radius 1 is 1.38 bits per heavy atom. The van der Waals surface area contributed by atoms with Crippen LogP contribution in [0.25, 0.3) is 0 Å². The molecule has 2 rings (SSSR count). The number of carbonyl (C=O) groups is 2. The molecule has 2 aliphatic rings. The molecule has 2 aliphatic heterocycles. The van der Waals surface area contributed by atoms with Crippen LogP contribution in [0.2, 0.25) is 0 Å². The first kappa shape index (κ1) is 11.3. The van der Waals surface area contributed by atoms with Crippen molar-refractivity contribution in [1.82, 2.24) is 20.4 Å². The van der Waals surface area contributed by atoms with Crippen LogP contribution in [0, 0.1) is 0 Å². The zero-order valence-electron chi connectivity index (χ0n) is 9.53. The van der Waals surface area contributed by atoms with Gasteiger partial charge in [0.05, 0.1) is 0 Å². The molecule has 0 radical (unpaired) electrons. The quantitative estimate of drug-likeness (QED) is 0.615. The summed E-state index contributed by atoms with van der Waals surface area (Å²) in [5, 5.41) is 5.85. The lowest BCUT2D eigenvalue weighted by Gasteiger charge is -2.16. The Bertz CT molecular complexity index is 289. The van der Waals surface area contributed by atoms with E-state index in [4.69, 9.17) is 0 Å². The SMILES string of the molecule is CC1NC(=O)N(CCCN2CCNC2)C1=O. The molecule has 0 saturated carbocycles. The molecule has 0 aromatic rings. The van der Waals surface area contributed by atoms with Crippen LogP contribution >= 0.6 is 0 Å². The summed E-state index contributed by atoms with van der Waals surface area (Å²) in [6.07, 6.45) is 0.841. The van der Waals surface area contributed by atoms with Gasteiger partial charge in [-0.05, 0) is 13.3 Å². The lowest BCUT2D eigenvalue weighted by atomic mass is 10.3. The molecule has 0 spiro atoms. The first-order valence-electron chi connectivity index (χ1n) is 5.73. The van der Waals surface area contributed by atoms with E-state index >= 15 is 0 Å². The Morgan fingerprint density at radius 3 is 2.75 bits per heavy atom. The van der Waals surface area contributed by atoms with Crippen LogP contribution in [-0.4, -0.2) is 60.6 Å². The van der Waals surface area contributed by atoms with Crippen LogP contribution in [0.15, 0.2) is 0 Å². The summed E-state index contributed by atoms with van der Waals surface area (Å²) < 4.78 is 0. The van der Waals surface area contributed by atoms with Crippen molar-refractivity contribution in [1.29, 1.82) is 0 Å². The van der Waals surface area contributed by atoms with Gasteiger partial charge in [0, 0.05) is 32.8 Å². The van der Waals surface area contributed by atoms with Crippen LogP contribution in [0.4, 0.5) is 4.79 Å². The number of amides is 3. The highest BCUT2D eigenvalue weighted by atomic mass is 16.2. The average molecular weight is 226 g/mol. The Labute approximate surface area is 95.0 Å². The third kappa shape index (κ3) is 2.33. The molecule has 3 amide bonds. The van der Waals surface area contributed by atoms with Gasteiger partial charge in [0.25, 0.3) is 5.91 Å². The third-order valence-electron chi connectivity index (χ3n) is 3.02. The molecular formula is C10H18N4O2. The van der Waals surface area contributed by atoms with E-state index in [1.807, 2.05) is 0 Å². The first-order valence-corrected chi connectivity index (χ1v) is 5.73. The highest BCUT2D eigenvalue weighted by Gasteiger charge is 2.34. The Morgan fingerprint density at radius 2 is 2.19 bits per heavy atom. The summed E-state index contributed by atoms with van der Waals surface area (Å²) in [4.78, 5) is 26.5. The number of carbonyl (C=O) groups excluding carboxylic acids is 2. The van der Waals surface area contributed by atoms with E-state index in [0.717, 1.165) is 32.7 Å². The number of imide groups is 1. The second kappa shape index (κ2) is 4.80. The van der Waals surface area contributed by atoms with E-state index in [9.17, 15) is 9.59 Å². The number of urea groups is 1. The number of hydrogen-bond acceptors (Lipinski definition) is 4. The maximum absolute atomic E-state index is 11.6. The van der Waals surface area contributed by atoms with E-state index in [1.165, 1.54) is 4.90 Å². The van der Waals surface area contributed by atoms with Crippen LogP contribution in [0.3, 0.4) is 0 Å². The van der Waals surface area contributed by atoms with Crippen LogP contribution in [-0.2, 0) is 4.79 Å². The average Bonchev–Trinajstić information content (AvgIpc) is 2.82. The molecule has 2 saturated heterocycles. The summed E-state index contributed by atoms with van der Waals surface area (Å²) in [7, 11) is 0. The summed E-state index contributed by atoms with van der Waals surface area (Å²) in [6, 6.07) is -0.613. The van der Waals surface area contributed by atoms with Gasteiger partial charge in [0.1, 0.15) is 6.04 Å². The van der Waals surface area contributed by atoms with Gasteiger partial charge in [-0.15, -0.1) is 0 Å². The summed E-state index contributed by atoms with van der Waals surface area (Å²) in [5.41, 5.74) is 0. The largest absolute Gasteiger partial charge is 0.326 e. The van der Waals surface area contributed by atoms with E-state index in [-0.39, 0.29) is 18.0 Å². The van der Waals surface area contributed by atoms with Crippen molar-refractivity contribution in [2.75, 3.05) is 32.8 Å². The minimum absolute atomic E-state index is 0.107. The zero-order chi connectivity index (χ0) is 11.5. The van der Waals surface area contributed by atoms with E-state index in [2.05, 4.69) is 15.5 Å². The van der Waals surface area contributed by atoms with E-state index < -0.39 is 0 Å². The van der Waals surface area contributed by atoms with Gasteiger partial charge in [0.15, 0.2) is 0 Å². The highest BCUT2D eigenvalue weighted by molar-refractivity contribution is 6.03. The monoisotopic (exact) mass is 226 g/mol. The second-order valence-electron chi connectivity index (χ2n) is 4.29. The van der Waals surface area contributed by atoms with Gasteiger partial charge in [-0.1, -0.05) is 0 Å². The molecule has 2 fully saturated rings. The molecule has 0 aromatic heterocycles. The van der Waals surface area contributed by atoms with Crippen LogP contribution in [0.5, 0.6) is 0 Å². The van der Waals surface area contributed by atoms with Crippen LogP contribution in [0.1, 0.15) is 13.3 Å². The molecule has 6 heteroatoms. The predicted molar refractivity (Wildman–Crippen MR) is 58.8 cm³/mol. The van der Waals surface area contributed by atoms with Crippen molar-refractivity contribution in [3.63, 3.8) is 0 Å². The second-order valence-corrected chi connectivity index (χ2v) is 4.29. The molecule has 2 N–H and O–H groups in total. The van der Waals surface area contributed by atoms with Gasteiger partial charge < -0.3 is 10.6 Å². The standard InChI is InChI=1S/C10H18N4O2/c1-8-9(15)14(10(16)12-8)5-2-4-13-6-3-11-7-13/h8,11H,2-7H2,1H3,(H,12,16). The Balaban J connectivity index is 1.73. The Kier molecular flexibility index (Phi) is 3.40. The van der Waals surface area contributed by atoms with E-state index in [0.29, 0.717) is 6.54 Å². The maximum Gasteiger partial charge on any atom is 0.324 e. The van der Waals surface area contributed by atoms with Crippen molar-refractivity contribution in [2.24, 2.45) is 0 Å². The highest BCUT2D eigenvalue weighted by Crippen LogP contribution is 2.06. The number of rotatable bonds is 4. The molecule has 2 heterocycles. The van der Waals surface area contributed by atoms with Crippen LogP contribution < -0.4 is 10.6 Å². The lowest BCUT2D eigenvalue weighted by Crippen LogP contribution is -2.34. The summed E-state index contributed by atoms with van der Waals surface area (Å²) >= 11 is 0. The van der Waals surface area contributed by atoms with Crippen molar-refractivity contribution in [2.45, 2.75) is 19.4 Å². The fourth-order valence-corrected chi connectivity index (χ4v) is 2.07. The summed E-state index contributed by atoms with van der Waals surface area (Å²) in [5.74, 6) is -0.107. The smallest absolute Gasteiger partial charge is 0.324 e. The topological polar surface area (TPSA) is 64.7 Å². The fourth-order valence-electron chi connectivity index (χ4n) is 2.07. The number of hydrogen-bond donors (Lipinski definition) is 2. The molecule has 0 aromatic carbocycles. The minimum atomic E-state index is -0.360. The number of nitrogens with one attached hydrogen (secondary N) is 2. The van der Waals surface area contributed by atoms with Gasteiger partial charge >= 0.3 is 6.03 Å². The van der Waals surface area contributed by atoms with Crippen molar-refractivity contribution in [3.8, 4) is 0 Å². The third-order valence-corrected chi connectivity index (χ3v) is 3.02. The van der Waals surface area contributed by atoms with E-state index in [1.54, 1.807) is 6.92 Å². The van der Waals surface area contributed by atoms with Crippen molar-refractivity contribution < 1.29 is 9.59 Å².